The third-order valence-corrected chi connectivity index (χ3v) is 7.19. The van der Waals surface area contributed by atoms with Crippen LogP contribution in [0.25, 0.3) is 44.0 Å². The van der Waals surface area contributed by atoms with Gasteiger partial charge in [0.15, 0.2) is 6.20 Å². The molecule has 1 aliphatic carbocycles. The van der Waals surface area contributed by atoms with Crippen molar-refractivity contribution in [2.45, 2.75) is 39.0 Å². The molecule has 0 radical (unpaired) electrons. The van der Waals surface area contributed by atoms with Gasteiger partial charge in [-0.25, -0.2) is 4.57 Å². The average Bonchev–Trinajstić information content (AvgIpc) is 3.41. The summed E-state index contributed by atoms with van der Waals surface area (Å²) in [4.78, 5) is 0. The van der Waals surface area contributed by atoms with Crippen molar-refractivity contribution in [3.05, 3.63) is 78.0 Å². The molecule has 0 atom stereocenters. The van der Waals surface area contributed by atoms with Gasteiger partial charge >= 0.3 is 0 Å². The molecule has 0 bridgehead atoms. The first-order chi connectivity index (χ1) is 15.2. The number of rotatable bonds is 3. The zero-order valence-corrected chi connectivity index (χ0v) is 18.3. The molecule has 0 saturated heterocycles. The lowest BCUT2D eigenvalue weighted by Crippen LogP contribution is -2.31. The van der Waals surface area contributed by atoms with Crippen LogP contribution < -0.4 is 4.57 Å². The summed E-state index contributed by atoms with van der Waals surface area (Å²) in [6.45, 7) is 2.20. The molecule has 2 aromatic heterocycles. The molecule has 0 amide bonds. The zero-order chi connectivity index (χ0) is 20.9. The van der Waals surface area contributed by atoms with Gasteiger partial charge in [-0.2, -0.15) is 0 Å². The fraction of sp³-hybridized carbons (Fsp3) is 0.276. The second-order valence-corrected chi connectivity index (χ2v) is 9.32. The SMILES string of the molecule is Cc1ccc2c(oc3cc4ccccc4cc32)c1-c1cc(CC2CCCC2)cc[n+]1C. The van der Waals surface area contributed by atoms with E-state index in [-0.39, 0.29) is 0 Å². The fourth-order valence-corrected chi connectivity index (χ4v) is 5.48. The van der Waals surface area contributed by atoms with Crippen LogP contribution in [0.2, 0.25) is 0 Å². The van der Waals surface area contributed by atoms with Crippen LogP contribution >= 0.6 is 0 Å². The molecule has 6 rings (SSSR count). The summed E-state index contributed by atoms with van der Waals surface area (Å²) in [6.07, 6.45) is 8.95. The largest absolute Gasteiger partial charge is 0.455 e. The highest BCUT2D eigenvalue weighted by molar-refractivity contribution is 6.13. The topological polar surface area (TPSA) is 17.0 Å². The Kier molecular flexibility index (Phi) is 4.34. The van der Waals surface area contributed by atoms with Crippen molar-refractivity contribution in [3.63, 3.8) is 0 Å². The van der Waals surface area contributed by atoms with E-state index < -0.39 is 0 Å². The van der Waals surface area contributed by atoms with Gasteiger partial charge < -0.3 is 4.42 Å². The summed E-state index contributed by atoms with van der Waals surface area (Å²) in [7, 11) is 2.14. The van der Waals surface area contributed by atoms with E-state index in [2.05, 4.69) is 85.4 Å². The van der Waals surface area contributed by atoms with Gasteiger partial charge in [0.1, 0.15) is 18.2 Å². The predicted octanol–water partition coefficient (Wildman–Crippen LogP) is 7.27. The van der Waals surface area contributed by atoms with Gasteiger partial charge in [0, 0.05) is 22.9 Å². The Bertz CT molecular complexity index is 1440. The molecule has 0 aliphatic heterocycles. The molecule has 2 heterocycles. The molecular formula is C29H28NO+. The molecule has 154 valence electrons. The number of hydrogen-bond acceptors (Lipinski definition) is 1. The van der Waals surface area contributed by atoms with Crippen LogP contribution in [0, 0.1) is 12.8 Å². The minimum atomic E-state index is 0.844. The summed E-state index contributed by atoms with van der Waals surface area (Å²) in [6, 6.07) is 22.1. The summed E-state index contributed by atoms with van der Waals surface area (Å²) in [5.74, 6) is 0.844. The zero-order valence-electron chi connectivity index (χ0n) is 18.3. The van der Waals surface area contributed by atoms with E-state index in [1.165, 1.54) is 76.0 Å². The molecule has 0 N–H and O–H groups in total. The molecule has 3 aromatic carbocycles. The second kappa shape index (κ2) is 7.23. The number of furan rings is 1. The second-order valence-electron chi connectivity index (χ2n) is 9.32. The third-order valence-electron chi connectivity index (χ3n) is 7.19. The Hall–Kier alpha value is -3.13. The first-order valence-electron chi connectivity index (χ1n) is 11.5. The van der Waals surface area contributed by atoms with Gasteiger partial charge in [0.05, 0.1) is 5.56 Å². The van der Waals surface area contributed by atoms with E-state index in [0.717, 1.165) is 17.1 Å². The van der Waals surface area contributed by atoms with Gasteiger partial charge in [-0.1, -0.05) is 62.1 Å². The number of hydrogen-bond donors (Lipinski definition) is 0. The van der Waals surface area contributed by atoms with Gasteiger partial charge in [0.2, 0.25) is 5.69 Å². The Morgan fingerprint density at radius 3 is 2.48 bits per heavy atom. The standard InChI is InChI=1S/C29H28NO/c1-19-11-12-24-25-17-22-9-5-6-10-23(22)18-27(25)31-29(24)28(19)26-16-21(13-14-30(26)2)15-20-7-3-4-8-20/h5-6,9-14,16-18,20H,3-4,7-8,15H2,1-2H3/q+1. The minimum absolute atomic E-state index is 0.844. The molecular weight excluding hydrogens is 378 g/mol. The fourth-order valence-electron chi connectivity index (χ4n) is 5.48. The molecule has 31 heavy (non-hydrogen) atoms. The predicted molar refractivity (Wildman–Crippen MR) is 128 cm³/mol. The van der Waals surface area contributed by atoms with Crippen molar-refractivity contribution in [1.29, 1.82) is 0 Å². The number of benzene rings is 3. The molecule has 0 unspecified atom stereocenters. The van der Waals surface area contributed by atoms with Gasteiger partial charge in [-0.15, -0.1) is 0 Å². The van der Waals surface area contributed by atoms with E-state index in [4.69, 9.17) is 4.42 Å². The molecule has 1 aliphatic rings. The minimum Gasteiger partial charge on any atom is -0.455 e. The molecule has 2 nitrogen and oxygen atoms in total. The maximum absolute atomic E-state index is 6.54. The highest BCUT2D eigenvalue weighted by Gasteiger charge is 2.22. The van der Waals surface area contributed by atoms with Crippen LogP contribution in [0.1, 0.15) is 36.8 Å². The maximum Gasteiger partial charge on any atom is 0.216 e. The lowest BCUT2D eigenvalue weighted by atomic mass is 9.95. The summed E-state index contributed by atoms with van der Waals surface area (Å²) < 4.78 is 8.78. The van der Waals surface area contributed by atoms with Crippen LogP contribution in [-0.2, 0) is 13.5 Å². The third kappa shape index (κ3) is 3.13. The van der Waals surface area contributed by atoms with Crippen molar-refractivity contribution in [2.75, 3.05) is 0 Å². The van der Waals surface area contributed by atoms with E-state index in [1.807, 2.05) is 0 Å². The summed E-state index contributed by atoms with van der Waals surface area (Å²) >= 11 is 0. The van der Waals surface area contributed by atoms with Crippen molar-refractivity contribution >= 4 is 32.7 Å². The summed E-state index contributed by atoms with van der Waals surface area (Å²) in [5, 5.41) is 4.86. The number of nitrogens with zero attached hydrogens (tertiary/aromatic N) is 1. The highest BCUT2D eigenvalue weighted by Crippen LogP contribution is 2.39. The van der Waals surface area contributed by atoms with Crippen molar-refractivity contribution in [3.8, 4) is 11.3 Å². The monoisotopic (exact) mass is 406 g/mol. The summed E-state index contributed by atoms with van der Waals surface area (Å²) in [5.41, 5.74) is 7.11. The molecule has 1 fully saturated rings. The van der Waals surface area contributed by atoms with Gasteiger partial charge in [-0.3, -0.25) is 0 Å². The Labute approximate surface area is 183 Å². The smallest absolute Gasteiger partial charge is 0.216 e. The molecule has 1 saturated carbocycles. The molecule has 5 aromatic rings. The number of fused-ring (bicyclic) bond motifs is 4. The Morgan fingerprint density at radius 1 is 0.903 bits per heavy atom. The lowest BCUT2D eigenvalue weighted by molar-refractivity contribution is -0.660. The van der Waals surface area contributed by atoms with E-state index in [9.17, 15) is 0 Å². The number of pyridine rings is 1. The van der Waals surface area contributed by atoms with Gasteiger partial charge in [-0.05, 0) is 53.3 Å². The molecule has 0 spiro atoms. The number of aryl methyl sites for hydroxylation is 2. The first-order valence-corrected chi connectivity index (χ1v) is 11.5. The van der Waals surface area contributed by atoms with Crippen LogP contribution in [0.15, 0.2) is 71.3 Å². The maximum atomic E-state index is 6.54. The number of aromatic nitrogens is 1. The van der Waals surface area contributed by atoms with E-state index >= 15 is 0 Å². The van der Waals surface area contributed by atoms with Crippen molar-refractivity contribution < 1.29 is 8.98 Å². The van der Waals surface area contributed by atoms with Crippen molar-refractivity contribution in [2.24, 2.45) is 13.0 Å². The first kappa shape index (κ1) is 18.6. The highest BCUT2D eigenvalue weighted by atomic mass is 16.3. The average molecular weight is 407 g/mol. The van der Waals surface area contributed by atoms with E-state index in [1.54, 1.807) is 0 Å². The molecule has 2 heteroatoms. The van der Waals surface area contributed by atoms with Crippen LogP contribution in [-0.4, -0.2) is 0 Å². The normalized spacial score (nSPS) is 14.9. The van der Waals surface area contributed by atoms with Gasteiger partial charge in [0.25, 0.3) is 0 Å². The van der Waals surface area contributed by atoms with Crippen molar-refractivity contribution in [1.82, 2.24) is 0 Å². The van der Waals surface area contributed by atoms with Crippen LogP contribution in [0.5, 0.6) is 0 Å². The Morgan fingerprint density at radius 2 is 1.68 bits per heavy atom. The Balaban J connectivity index is 1.56. The quantitative estimate of drug-likeness (QED) is 0.288. The van der Waals surface area contributed by atoms with Crippen LogP contribution in [0.3, 0.4) is 0 Å². The van der Waals surface area contributed by atoms with E-state index in [0.29, 0.717) is 0 Å². The van der Waals surface area contributed by atoms with Crippen LogP contribution in [0.4, 0.5) is 0 Å². The lowest BCUT2D eigenvalue weighted by Gasteiger charge is -2.10.